The van der Waals surface area contributed by atoms with Gasteiger partial charge in [0, 0.05) is 0 Å². The van der Waals surface area contributed by atoms with E-state index in [1.807, 2.05) is 24.3 Å². The van der Waals surface area contributed by atoms with Crippen LogP contribution in [0.15, 0.2) is 34.0 Å². The van der Waals surface area contributed by atoms with E-state index in [0.29, 0.717) is 11.4 Å². The zero-order chi connectivity index (χ0) is 18.7. The van der Waals surface area contributed by atoms with E-state index in [2.05, 4.69) is 35.8 Å². The van der Waals surface area contributed by atoms with E-state index < -0.39 is 5.91 Å². The molecule has 0 aliphatic carbocycles. The Morgan fingerprint density at radius 1 is 1.31 bits per heavy atom. The minimum absolute atomic E-state index is 0.0401. The van der Waals surface area contributed by atoms with Gasteiger partial charge in [0.2, 0.25) is 11.6 Å². The van der Waals surface area contributed by atoms with Crippen LogP contribution >= 0.6 is 0 Å². The van der Waals surface area contributed by atoms with Crippen molar-refractivity contribution >= 4 is 17.4 Å². The number of nitrogens with two attached hydrogens (primary N) is 1. The molecule has 11 heteroatoms. The van der Waals surface area contributed by atoms with E-state index in [1.54, 1.807) is 21.0 Å². The van der Waals surface area contributed by atoms with Gasteiger partial charge in [-0.1, -0.05) is 5.21 Å². The van der Waals surface area contributed by atoms with Crippen LogP contribution in [0.1, 0.15) is 28.7 Å². The number of benzene rings is 1. The number of hydrazone groups is 1. The van der Waals surface area contributed by atoms with Crippen molar-refractivity contribution < 1.29 is 14.2 Å². The molecular formula is C15H16N8O3. The van der Waals surface area contributed by atoms with E-state index in [9.17, 15) is 4.79 Å². The first kappa shape index (κ1) is 17.1. The smallest absolute Gasteiger partial charge is 0.293 e. The zero-order valence-electron chi connectivity index (χ0n) is 14.3. The number of anilines is 1. The first-order chi connectivity index (χ1) is 12.5. The van der Waals surface area contributed by atoms with Crippen LogP contribution in [0.5, 0.6) is 5.75 Å². The van der Waals surface area contributed by atoms with E-state index in [0.717, 1.165) is 11.3 Å². The molecule has 3 rings (SSSR count). The van der Waals surface area contributed by atoms with Crippen molar-refractivity contribution in [1.82, 2.24) is 30.7 Å². The summed E-state index contributed by atoms with van der Waals surface area (Å²) >= 11 is 0. The van der Waals surface area contributed by atoms with Crippen LogP contribution in [-0.4, -0.2) is 44.0 Å². The predicted molar refractivity (Wildman–Crippen MR) is 91.0 cm³/mol. The number of hydrogen-bond donors (Lipinski definition) is 2. The first-order valence-electron chi connectivity index (χ1n) is 7.51. The van der Waals surface area contributed by atoms with Crippen LogP contribution in [-0.2, 0) is 0 Å². The number of hydrogen-bond acceptors (Lipinski definition) is 9. The van der Waals surface area contributed by atoms with Gasteiger partial charge < -0.3 is 10.5 Å². The second kappa shape index (κ2) is 7.01. The predicted octanol–water partition coefficient (Wildman–Crippen LogP) is 0.704. The standard InChI is InChI=1S/C15H16N8O3/c1-8(10-4-6-11(25-3)7-5-10)17-19-15(24)12-9(2)23(22-18-12)14-13(16)20-26-21-14/h4-7H,1-3H3,(H2,16,20)(H,19,24)/b17-8-. The van der Waals surface area contributed by atoms with Crippen LogP contribution in [0.25, 0.3) is 5.82 Å². The Morgan fingerprint density at radius 2 is 2.04 bits per heavy atom. The molecule has 2 aromatic heterocycles. The van der Waals surface area contributed by atoms with Gasteiger partial charge in [-0.2, -0.15) is 9.78 Å². The summed E-state index contributed by atoms with van der Waals surface area (Å²) < 4.78 is 10.9. The maximum absolute atomic E-state index is 12.3. The summed E-state index contributed by atoms with van der Waals surface area (Å²) in [4.78, 5) is 12.3. The van der Waals surface area contributed by atoms with Gasteiger partial charge in [0.1, 0.15) is 5.75 Å². The van der Waals surface area contributed by atoms with Gasteiger partial charge in [0.25, 0.3) is 5.91 Å². The van der Waals surface area contributed by atoms with Gasteiger partial charge in [-0.15, -0.1) is 5.10 Å². The topological polar surface area (TPSA) is 146 Å². The molecular weight excluding hydrogens is 340 g/mol. The lowest BCUT2D eigenvalue weighted by Gasteiger charge is -2.04. The molecule has 0 radical (unpaired) electrons. The molecule has 3 aromatic rings. The molecule has 0 saturated heterocycles. The Labute approximate surface area is 147 Å². The summed E-state index contributed by atoms with van der Waals surface area (Å²) in [7, 11) is 1.59. The number of ether oxygens (including phenoxy) is 1. The summed E-state index contributed by atoms with van der Waals surface area (Å²) in [6, 6.07) is 7.29. The van der Waals surface area contributed by atoms with E-state index in [1.165, 1.54) is 4.68 Å². The fourth-order valence-electron chi connectivity index (χ4n) is 2.16. The summed E-state index contributed by atoms with van der Waals surface area (Å²) in [5, 5.41) is 18.9. The summed E-state index contributed by atoms with van der Waals surface area (Å²) in [5.74, 6) is 0.418. The molecule has 11 nitrogen and oxygen atoms in total. The second-order valence-electron chi connectivity index (χ2n) is 5.27. The molecule has 2 heterocycles. The van der Waals surface area contributed by atoms with Gasteiger partial charge >= 0.3 is 0 Å². The normalized spacial score (nSPS) is 11.4. The molecule has 3 N–H and O–H groups in total. The third-order valence-corrected chi connectivity index (χ3v) is 3.64. The second-order valence-corrected chi connectivity index (χ2v) is 5.27. The number of carbonyl (C=O) groups excluding carboxylic acids is 1. The maximum Gasteiger partial charge on any atom is 0.293 e. The number of methoxy groups -OCH3 is 1. The van der Waals surface area contributed by atoms with E-state index >= 15 is 0 Å². The Bertz CT molecular complexity index is 958. The molecule has 0 spiro atoms. The van der Waals surface area contributed by atoms with Crippen LogP contribution in [0.2, 0.25) is 0 Å². The third kappa shape index (κ3) is 3.22. The Hall–Kier alpha value is -3.76. The molecule has 0 aliphatic rings. The summed E-state index contributed by atoms with van der Waals surface area (Å²) in [5.41, 5.74) is 10.0. The van der Waals surface area contributed by atoms with Crippen molar-refractivity contribution in [1.29, 1.82) is 0 Å². The molecule has 0 bridgehead atoms. The zero-order valence-corrected chi connectivity index (χ0v) is 14.3. The number of carbonyl (C=O) groups is 1. The molecule has 0 unspecified atom stereocenters. The summed E-state index contributed by atoms with van der Waals surface area (Å²) in [6.07, 6.45) is 0. The number of nitrogens with one attached hydrogen (secondary N) is 1. The lowest BCUT2D eigenvalue weighted by molar-refractivity contribution is 0.0949. The minimum Gasteiger partial charge on any atom is -0.497 e. The lowest BCUT2D eigenvalue weighted by Crippen LogP contribution is -2.21. The monoisotopic (exact) mass is 356 g/mol. The van der Waals surface area contributed by atoms with Gasteiger partial charge in [-0.25, -0.2) is 10.1 Å². The quantitative estimate of drug-likeness (QED) is 0.502. The largest absolute Gasteiger partial charge is 0.497 e. The highest BCUT2D eigenvalue weighted by atomic mass is 16.6. The lowest BCUT2D eigenvalue weighted by atomic mass is 10.1. The van der Waals surface area contributed by atoms with Gasteiger partial charge in [-0.3, -0.25) is 4.79 Å². The Kier molecular flexibility index (Phi) is 4.60. The maximum atomic E-state index is 12.3. The molecule has 0 fully saturated rings. The van der Waals surface area contributed by atoms with Crippen LogP contribution in [0.4, 0.5) is 5.82 Å². The van der Waals surface area contributed by atoms with E-state index in [4.69, 9.17) is 10.5 Å². The molecule has 1 aromatic carbocycles. The molecule has 26 heavy (non-hydrogen) atoms. The average molecular weight is 356 g/mol. The fourth-order valence-corrected chi connectivity index (χ4v) is 2.16. The van der Waals surface area contributed by atoms with Crippen molar-refractivity contribution in [3.63, 3.8) is 0 Å². The number of amides is 1. The molecule has 1 amide bonds. The van der Waals surface area contributed by atoms with Crippen molar-refractivity contribution in [3.05, 3.63) is 41.2 Å². The molecule has 0 atom stereocenters. The SMILES string of the molecule is COc1ccc(/C(C)=N\NC(=O)c2nnn(-c3nonc3N)c2C)cc1. The Morgan fingerprint density at radius 3 is 2.65 bits per heavy atom. The first-order valence-corrected chi connectivity index (χ1v) is 7.51. The van der Waals surface area contributed by atoms with Gasteiger partial charge in [0.15, 0.2) is 5.69 Å². The van der Waals surface area contributed by atoms with Crippen LogP contribution < -0.4 is 15.9 Å². The minimum atomic E-state index is -0.517. The molecule has 0 saturated carbocycles. The Balaban J connectivity index is 1.76. The van der Waals surface area contributed by atoms with Crippen molar-refractivity contribution in [3.8, 4) is 11.6 Å². The number of nitrogens with zero attached hydrogens (tertiary/aromatic N) is 6. The fraction of sp³-hybridized carbons (Fsp3) is 0.200. The van der Waals surface area contributed by atoms with Gasteiger partial charge in [-0.05, 0) is 54.0 Å². The highest BCUT2D eigenvalue weighted by Crippen LogP contribution is 2.15. The molecule has 134 valence electrons. The van der Waals surface area contributed by atoms with Crippen molar-refractivity contribution in [2.24, 2.45) is 5.10 Å². The van der Waals surface area contributed by atoms with E-state index in [-0.39, 0.29) is 17.3 Å². The summed E-state index contributed by atoms with van der Waals surface area (Å²) in [6.45, 7) is 3.41. The van der Waals surface area contributed by atoms with Crippen molar-refractivity contribution in [2.75, 3.05) is 12.8 Å². The third-order valence-electron chi connectivity index (χ3n) is 3.64. The highest BCUT2D eigenvalue weighted by molar-refractivity contribution is 6.00. The van der Waals surface area contributed by atoms with Crippen LogP contribution in [0.3, 0.4) is 0 Å². The number of rotatable bonds is 5. The van der Waals surface area contributed by atoms with Gasteiger partial charge in [0.05, 0.1) is 18.5 Å². The van der Waals surface area contributed by atoms with Crippen LogP contribution in [0, 0.1) is 6.92 Å². The van der Waals surface area contributed by atoms with Crippen molar-refractivity contribution in [2.45, 2.75) is 13.8 Å². The number of nitrogen functional groups attached to an aromatic ring is 1. The molecule has 0 aliphatic heterocycles. The average Bonchev–Trinajstić information content (AvgIpc) is 3.24. The highest BCUT2D eigenvalue weighted by Gasteiger charge is 2.20. The number of aromatic nitrogens is 5.